The van der Waals surface area contributed by atoms with Crippen molar-refractivity contribution in [2.75, 3.05) is 31.6 Å². The molecule has 2 fully saturated rings. The summed E-state index contributed by atoms with van der Waals surface area (Å²) in [4.78, 5) is 21.5. The van der Waals surface area contributed by atoms with Crippen LogP contribution in [0.5, 0.6) is 0 Å². The van der Waals surface area contributed by atoms with Crippen molar-refractivity contribution < 1.29 is 4.79 Å². The van der Waals surface area contributed by atoms with Crippen LogP contribution in [0.15, 0.2) is 12.1 Å². The number of rotatable bonds is 3. The number of aromatic nitrogens is 1. The fraction of sp³-hybridized carbons (Fsp3) is 0.600. The highest BCUT2D eigenvalue weighted by atomic mass is 16.2. The van der Waals surface area contributed by atoms with E-state index in [4.69, 9.17) is 5.84 Å². The molecule has 3 rings (SSSR count). The second-order valence-electron chi connectivity index (χ2n) is 5.81. The number of hydrogen-bond acceptors (Lipinski definition) is 5. The van der Waals surface area contributed by atoms with Gasteiger partial charge >= 0.3 is 0 Å². The van der Waals surface area contributed by atoms with Crippen LogP contribution in [0.1, 0.15) is 35.8 Å². The fourth-order valence-corrected chi connectivity index (χ4v) is 3.32. The highest BCUT2D eigenvalue weighted by Gasteiger charge is 2.32. The minimum Gasteiger partial charge on any atom is -0.336 e. The minimum absolute atomic E-state index is 0.0927. The van der Waals surface area contributed by atoms with Crippen LogP contribution in [0.3, 0.4) is 0 Å². The van der Waals surface area contributed by atoms with E-state index in [-0.39, 0.29) is 5.91 Å². The summed E-state index contributed by atoms with van der Waals surface area (Å²) in [7, 11) is 0. The molecule has 6 nitrogen and oxygen atoms in total. The van der Waals surface area contributed by atoms with Crippen LogP contribution >= 0.6 is 0 Å². The average Bonchev–Trinajstić information content (AvgIpc) is 3.01. The van der Waals surface area contributed by atoms with Gasteiger partial charge in [-0.05, 0) is 37.9 Å². The summed E-state index contributed by atoms with van der Waals surface area (Å²) in [5, 5.41) is 0. The lowest BCUT2D eigenvalue weighted by molar-refractivity contribution is 0.0571. The Morgan fingerprint density at radius 1 is 1.43 bits per heavy atom. The summed E-state index contributed by atoms with van der Waals surface area (Å²) in [5.74, 6) is 6.09. The fourth-order valence-electron chi connectivity index (χ4n) is 3.32. The third-order valence-corrected chi connectivity index (χ3v) is 4.51. The number of nitrogens with one attached hydrogen (secondary N) is 1. The van der Waals surface area contributed by atoms with Gasteiger partial charge in [-0.2, -0.15) is 0 Å². The lowest BCUT2D eigenvalue weighted by Crippen LogP contribution is -2.52. The quantitative estimate of drug-likeness (QED) is 0.637. The second kappa shape index (κ2) is 5.99. The molecule has 0 radical (unpaired) electrons. The van der Waals surface area contributed by atoms with E-state index < -0.39 is 0 Å². The number of anilines is 1. The van der Waals surface area contributed by atoms with Gasteiger partial charge in [0.1, 0.15) is 5.82 Å². The van der Waals surface area contributed by atoms with Gasteiger partial charge in [-0.15, -0.1) is 0 Å². The number of amides is 1. The number of hydrazine groups is 1. The third kappa shape index (κ3) is 2.87. The van der Waals surface area contributed by atoms with Crippen LogP contribution in [-0.2, 0) is 6.42 Å². The number of piperazine rings is 1. The number of carbonyl (C=O) groups is 1. The molecule has 1 aromatic heterocycles. The van der Waals surface area contributed by atoms with Gasteiger partial charge in [0.05, 0.1) is 0 Å². The van der Waals surface area contributed by atoms with Crippen molar-refractivity contribution in [1.82, 2.24) is 14.8 Å². The summed E-state index contributed by atoms with van der Waals surface area (Å²) in [5.41, 5.74) is 4.11. The molecular weight excluding hydrogens is 266 g/mol. The van der Waals surface area contributed by atoms with Crippen molar-refractivity contribution in [2.24, 2.45) is 5.84 Å². The Balaban J connectivity index is 1.78. The highest BCUT2D eigenvalue weighted by Crippen LogP contribution is 2.23. The van der Waals surface area contributed by atoms with Crippen molar-refractivity contribution in [3.63, 3.8) is 0 Å². The van der Waals surface area contributed by atoms with E-state index in [2.05, 4.69) is 15.3 Å². The molecule has 2 saturated heterocycles. The molecule has 1 aromatic rings. The zero-order valence-corrected chi connectivity index (χ0v) is 12.5. The van der Waals surface area contributed by atoms with Gasteiger partial charge in [-0.3, -0.25) is 9.69 Å². The summed E-state index contributed by atoms with van der Waals surface area (Å²) >= 11 is 0. The van der Waals surface area contributed by atoms with Crippen molar-refractivity contribution >= 4 is 11.7 Å². The normalized spacial score (nSPS) is 22.2. The number of nitrogens with two attached hydrogens (primary N) is 1. The van der Waals surface area contributed by atoms with Gasteiger partial charge in [0.15, 0.2) is 0 Å². The van der Waals surface area contributed by atoms with Gasteiger partial charge in [0.2, 0.25) is 0 Å². The molecule has 3 N–H and O–H groups in total. The van der Waals surface area contributed by atoms with Gasteiger partial charge in [-0.1, -0.05) is 6.92 Å². The molecule has 0 aliphatic carbocycles. The smallest absolute Gasteiger partial charge is 0.254 e. The van der Waals surface area contributed by atoms with Gasteiger partial charge in [0, 0.05) is 36.9 Å². The first-order valence-electron chi connectivity index (χ1n) is 7.72. The van der Waals surface area contributed by atoms with Crippen LogP contribution in [0.25, 0.3) is 0 Å². The van der Waals surface area contributed by atoms with E-state index in [1.807, 2.05) is 17.9 Å². The third-order valence-electron chi connectivity index (χ3n) is 4.51. The first kappa shape index (κ1) is 14.3. The number of hydrogen-bond donors (Lipinski definition) is 2. The van der Waals surface area contributed by atoms with Gasteiger partial charge in [0.25, 0.3) is 5.91 Å². The van der Waals surface area contributed by atoms with Crippen molar-refractivity contribution in [3.8, 4) is 0 Å². The first-order valence-corrected chi connectivity index (χ1v) is 7.72. The van der Waals surface area contributed by atoms with E-state index >= 15 is 0 Å². The number of nitrogen functional groups attached to an aromatic ring is 1. The Morgan fingerprint density at radius 2 is 2.29 bits per heavy atom. The summed E-state index contributed by atoms with van der Waals surface area (Å²) in [6, 6.07) is 4.16. The molecule has 114 valence electrons. The second-order valence-corrected chi connectivity index (χ2v) is 5.81. The van der Waals surface area contributed by atoms with E-state index in [0.717, 1.165) is 31.7 Å². The minimum atomic E-state index is 0.0927. The number of nitrogens with zero attached hydrogens (tertiary/aromatic N) is 3. The molecular formula is C15H23N5O. The molecule has 21 heavy (non-hydrogen) atoms. The van der Waals surface area contributed by atoms with E-state index in [0.29, 0.717) is 17.4 Å². The van der Waals surface area contributed by atoms with Crippen LogP contribution in [0.4, 0.5) is 5.82 Å². The predicted octanol–water partition coefficient (Wildman–Crippen LogP) is 0.850. The van der Waals surface area contributed by atoms with Gasteiger partial charge in [-0.25, -0.2) is 10.8 Å². The van der Waals surface area contributed by atoms with Crippen LogP contribution in [0.2, 0.25) is 0 Å². The Morgan fingerprint density at radius 3 is 3.05 bits per heavy atom. The molecule has 0 aromatic carbocycles. The van der Waals surface area contributed by atoms with E-state index in [1.165, 1.54) is 19.4 Å². The number of fused-ring (bicyclic) bond motifs is 1. The number of carbonyl (C=O) groups excluding carboxylic acids is 1. The molecule has 0 bridgehead atoms. The first-order chi connectivity index (χ1) is 10.2. The Bertz CT molecular complexity index is 511. The molecule has 0 saturated carbocycles. The zero-order valence-electron chi connectivity index (χ0n) is 12.5. The maximum Gasteiger partial charge on any atom is 0.254 e. The van der Waals surface area contributed by atoms with Crippen molar-refractivity contribution in [3.05, 3.63) is 23.4 Å². The maximum atomic E-state index is 12.7. The standard InChI is InChI=1S/C15H23N5O/c1-2-12-8-11(9-14(17-12)18-16)15(21)20-7-6-19-5-3-4-13(19)10-20/h8-9,13H,2-7,10,16H2,1H3,(H,17,18). The predicted molar refractivity (Wildman–Crippen MR) is 81.9 cm³/mol. The summed E-state index contributed by atoms with van der Waals surface area (Å²) < 4.78 is 0. The largest absolute Gasteiger partial charge is 0.336 e. The van der Waals surface area contributed by atoms with Crippen molar-refractivity contribution in [1.29, 1.82) is 0 Å². The van der Waals surface area contributed by atoms with Crippen molar-refractivity contribution in [2.45, 2.75) is 32.2 Å². The Kier molecular flexibility index (Phi) is 4.07. The SMILES string of the molecule is CCc1cc(C(=O)N2CCN3CCCC3C2)cc(NN)n1. The molecule has 1 amide bonds. The monoisotopic (exact) mass is 289 g/mol. The lowest BCUT2D eigenvalue weighted by atomic mass is 10.1. The van der Waals surface area contributed by atoms with Gasteiger partial charge < -0.3 is 10.3 Å². The molecule has 1 unspecified atom stereocenters. The van der Waals surface area contributed by atoms with Crippen LogP contribution < -0.4 is 11.3 Å². The van der Waals surface area contributed by atoms with Crippen LogP contribution in [-0.4, -0.2) is 52.9 Å². The number of aryl methyl sites for hydroxylation is 1. The van der Waals surface area contributed by atoms with E-state index in [9.17, 15) is 4.79 Å². The average molecular weight is 289 g/mol. The molecule has 2 aliphatic rings. The lowest BCUT2D eigenvalue weighted by Gasteiger charge is -2.37. The molecule has 2 aliphatic heterocycles. The summed E-state index contributed by atoms with van der Waals surface area (Å²) in [6.45, 7) is 5.85. The Hall–Kier alpha value is -1.66. The Labute approximate surface area is 125 Å². The number of pyridine rings is 1. The maximum absolute atomic E-state index is 12.7. The van der Waals surface area contributed by atoms with Crippen LogP contribution in [0, 0.1) is 0 Å². The molecule has 1 atom stereocenters. The zero-order chi connectivity index (χ0) is 14.8. The molecule has 0 spiro atoms. The highest BCUT2D eigenvalue weighted by molar-refractivity contribution is 5.95. The van der Waals surface area contributed by atoms with E-state index in [1.54, 1.807) is 6.07 Å². The topological polar surface area (TPSA) is 74.5 Å². The molecule has 3 heterocycles. The molecule has 6 heteroatoms. The summed E-state index contributed by atoms with van der Waals surface area (Å²) in [6.07, 6.45) is 3.24.